The predicted molar refractivity (Wildman–Crippen MR) is 77.4 cm³/mol. The van der Waals surface area contributed by atoms with Crippen molar-refractivity contribution in [2.24, 2.45) is 0 Å². The molecule has 0 aliphatic rings. The van der Waals surface area contributed by atoms with Crippen molar-refractivity contribution in [3.8, 4) is 5.75 Å². The molecule has 0 amide bonds. The second kappa shape index (κ2) is 6.81. The van der Waals surface area contributed by atoms with Gasteiger partial charge in [0, 0.05) is 15.8 Å². The van der Waals surface area contributed by atoms with E-state index in [0.29, 0.717) is 12.3 Å². The lowest BCUT2D eigenvalue weighted by atomic mass is 10.0. The van der Waals surface area contributed by atoms with E-state index in [2.05, 4.69) is 5.32 Å². The van der Waals surface area contributed by atoms with Crippen LogP contribution in [-0.4, -0.2) is 13.7 Å². The number of thiophene rings is 1. The van der Waals surface area contributed by atoms with Gasteiger partial charge in [0.15, 0.2) is 0 Å². The summed E-state index contributed by atoms with van der Waals surface area (Å²) < 4.78 is 33.1. The highest BCUT2D eigenvalue weighted by Crippen LogP contribution is 2.33. The molecule has 2 nitrogen and oxygen atoms in total. The minimum atomic E-state index is -0.536. The van der Waals surface area contributed by atoms with Crippen molar-refractivity contribution in [1.29, 1.82) is 0 Å². The van der Waals surface area contributed by atoms with Crippen LogP contribution < -0.4 is 10.1 Å². The maximum absolute atomic E-state index is 14.0. The van der Waals surface area contributed by atoms with Gasteiger partial charge < -0.3 is 10.1 Å². The highest BCUT2D eigenvalue weighted by molar-refractivity contribution is 7.10. The number of methoxy groups -OCH3 is 1. The standard InChI is InChI=1S/C15H17F2NOS/c1-3-7-18-15(13-8-10(19-2)9-20-13)14-11(16)5-4-6-12(14)17/h4-6,8-9,15,18H,3,7H2,1-2H3. The first-order chi connectivity index (χ1) is 9.67. The van der Waals surface area contributed by atoms with E-state index in [0.717, 1.165) is 11.3 Å². The van der Waals surface area contributed by atoms with Crippen LogP contribution in [0.5, 0.6) is 5.75 Å². The van der Waals surface area contributed by atoms with Crippen LogP contribution in [0, 0.1) is 11.6 Å². The van der Waals surface area contributed by atoms with E-state index >= 15 is 0 Å². The van der Waals surface area contributed by atoms with Gasteiger partial charge in [0.2, 0.25) is 0 Å². The van der Waals surface area contributed by atoms with Crippen molar-refractivity contribution in [2.75, 3.05) is 13.7 Å². The molecular weight excluding hydrogens is 280 g/mol. The van der Waals surface area contributed by atoms with Crippen molar-refractivity contribution in [3.63, 3.8) is 0 Å². The number of hydrogen-bond donors (Lipinski definition) is 1. The molecule has 0 spiro atoms. The molecule has 1 N–H and O–H groups in total. The number of rotatable bonds is 6. The summed E-state index contributed by atoms with van der Waals surface area (Å²) in [5, 5.41) is 5.02. The molecular formula is C15H17F2NOS. The van der Waals surface area contributed by atoms with Gasteiger partial charge in [-0.2, -0.15) is 0 Å². The highest BCUT2D eigenvalue weighted by Gasteiger charge is 2.23. The SMILES string of the molecule is CCCNC(c1cc(OC)cs1)c1c(F)cccc1F. The van der Waals surface area contributed by atoms with E-state index in [9.17, 15) is 8.78 Å². The molecule has 0 fully saturated rings. The molecule has 2 aromatic rings. The van der Waals surface area contributed by atoms with E-state index in [1.807, 2.05) is 18.4 Å². The smallest absolute Gasteiger partial charge is 0.131 e. The Hall–Kier alpha value is -1.46. The van der Waals surface area contributed by atoms with Crippen LogP contribution in [0.15, 0.2) is 29.6 Å². The lowest BCUT2D eigenvalue weighted by molar-refractivity contribution is 0.416. The Labute approximate surface area is 121 Å². The third-order valence-electron chi connectivity index (χ3n) is 3.00. The molecule has 1 aromatic carbocycles. The highest BCUT2D eigenvalue weighted by atomic mass is 32.1. The summed E-state index contributed by atoms with van der Waals surface area (Å²) in [6.07, 6.45) is 0.884. The van der Waals surface area contributed by atoms with Crippen LogP contribution in [-0.2, 0) is 0 Å². The fourth-order valence-corrected chi connectivity index (χ4v) is 2.95. The summed E-state index contributed by atoms with van der Waals surface area (Å²) >= 11 is 1.42. The summed E-state index contributed by atoms with van der Waals surface area (Å²) in [6.45, 7) is 2.69. The molecule has 0 saturated carbocycles. The molecule has 1 aromatic heterocycles. The van der Waals surface area contributed by atoms with Crippen LogP contribution in [0.3, 0.4) is 0 Å². The molecule has 108 valence electrons. The minimum absolute atomic E-state index is 0.0606. The van der Waals surface area contributed by atoms with E-state index < -0.39 is 17.7 Å². The van der Waals surface area contributed by atoms with Gasteiger partial charge in [0.25, 0.3) is 0 Å². The molecule has 0 radical (unpaired) electrons. The Kier molecular flexibility index (Phi) is 5.09. The van der Waals surface area contributed by atoms with Crippen LogP contribution in [0.2, 0.25) is 0 Å². The lowest BCUT2D eigenvalue weighted by Crippen LogP contribution is -2.24. The predicted octanol–water partition coefficient (Wildman–Crippen LogP) is 4.12. The zero-order chi connectivity index (χ0) is 14.5. The second-order valence-electron chi connectivity index (χ2n) is 4.41. The van der Waals surface area contributed by atoms with Gasteiger partial charge in [-0.3, -0.25) is 0 Å². The van der Waals surface area contributed by atoms with Crippen molar-refractivity contribution < 1.29 is 13.5 Å². The molecule has 0 aliphatic heterocycles. The number of halogens is 2. The summed E-state index contributed by atoms with van der Waals surface area (Å²) in [6, 6.07) is 5.25. The Balaban J connectivity index is 2.41. The fourth-order valence-electron chi connectivity index (χ4n) is 2.01. The number of benzene rings is 1. The Morgan fingerprint density at radius 2 is 2.00 bits per heavy atom. The van der Waals surface area contributed by atoms with Gasteiger partial charge in [-0.15, -0.1) is 11.3 Å². The summed E-state index contributed by atoms with van der Waals surface area (Å²) in [5.41, 5.74) is 0.0606. The third-order valence-corrected chi connectivity index (χ3v) is 3.98. The average molecular weight is 297 g/mol. The van der Waals surface area contributed by atoms with Crippen LogP contribution in [0.25, 0.3) is 0 Å². The number of hydrogen-bond acceptors (Lipinski definition) is 3. The van der Waals surface area contributed by atoms with E-state index in [1.165, 1.54) is 29.5 Å². The van der Waals surface area contributed by atoms with Gasteiger partial charge in [0.1, 0.15) is 17.4 Å². The topological polar surface area (TPSA) is 21.3 Å². The Morgan fingerprint density at radius 3 is 2.55 bits per heavy atom. The number of ether oxygens (including phenoxy) is 1. The normalized spacial score (nSPS) is 12.4. The van der Waals surface area contributed by atoms with Crippen molar-refractivity contribution in [3.05, 3.63) is 51.7 Å². The maximum atomic E-state index is 14.0. The first-order valence-electron chi connectivity index (χ1n) is 6.47. The van der Waals surface area contributed by atoms with Crippen molar-refractivity contribution in [1.82, 2.24) is 5.32 Å². The number of nitrogens with one attached hydrogen (secondary N) is 1. The Bertz CT molecular complexity index is 551. The third kappa shape index (κ3) is 3.16. The Morgan fingerprint density at radius 1 is 1.30 bits per heavy atom. The minimum Gasteiger partial charge on any atom is -0.496 e. The molecule has 0 aliphatic carbocycles. The zero-order valence-electron chi connectivity index (χ0n) is 11.5. The molecule has 20 heavy (non-hydrogen) atoms. The van der Waals surface area contributed by atoms with Crippen LogP contribution >= 0.6 is 11.3 Å². The van der Waals surface area contributed by atoms with Crippen molar-refractivity contribution in [2.45, 2.75) is 19.4 Å². The molecule has 1 heterocycles. The fraction of sp³-hybridized carbons (Fsp3) is 0.333. The zero-order valence-corrected chi connectivity index (χ0v) is 12.3. The maximum Gasteiger partial charge on any atom is 0.131 e. The first-order valence-corrected chi connectivity index (χ1v) is 7.35. The van der Waals surface area contributed by atoms with Gasteiger partial charge in [-0.1, -0.05) is 13.0 Å². The van der Waals surface area contributed by atoms with Gasteiger partial charge in [-0.25, -0.2) is 8.78 Å². The van der Waals surface area contributed by atoms with Gasteiger partial charge >= 0.3 is 0 Å². The van der Waals surface area contributed by atoms with Gasteiger partial charge in [-0.05, 0) is 31.2 Å². The van der Waals surface area contributed by atoms with Crippen LogP contribution in [0.1, 0.15) is 29.8 Å². The lowest BCUT2D eigenvalue weighted by Gasteiger charge is -2.19. The molecule has 1 atom stereocenters. The van der Waals surface area contributed by atoms with E-state index in [1.54, 1.807) is 7.11 Å². The average Bonchev–Trinajstić information content (AvgIpc) is 2.90. The summed E-state index contributed by atoms with van der Waals surface area (Å²) in [5.74, 6) is -0.373. The molecule has 5 heteroatoms. The molecule has 1 unspecified atom stereocenters. The second-order valence-corrected chi connectivity index (χ2v) is 5.35. The van der Waals surface area contributed by atoms with Crippen LogP contribution in [0.4, 0.5) is 8.78 Å². The molecule has 0 bridgehead atoms. The van der Waals surface area contributed by atoms with E-state index in [4.69, 9.17) is 4.74 Å². The molecule has 2 rings (SSSR count). The molecule has 0 saturated heterocycles. The van der Waals surface area contributed by atoms with Crippen molar-refractivity contribution >= 4 is 11.3 Å². The monoisotopic (exact) mass is 297 g/mol. The quantitative estimate of drug-likeness (QED) is 0.866. The van der Waals surface area contributed by atoms with E-state index in [-0.39, 0.29) is 5.56 Å². The largest absolute Gasteiger partial charge is 0.496 e. The van der Waals surface area contributed by atoms with Gasteiger partial charge in [0.05, 0.1) is 13.2 Å². The summed E-state index contributed by atoms with van der Waals surface area (Å²) in [4.78, 5) is 0.833. The first kappa shape index (κ1) is 14.9. The summed E-state index contributed by atoms with van der Waals surface area (Å²) in [7, 11) is 1.57.